The number of rotatable bonds is 7. The van der Waals surface area contributed by atoms with Crippen LogP contribution in [0.15, 0.2) is 41.1 Å². The molecule has 0 aliphatic rings. The van der Waals surface area contributed by atoms with E-state index in [0.29, 0.717) is 45.1 Å². The van der Waals surface area contributed by atoms with Crippen LogP contribution in [0, 0.1) is 5.82 Å². The van der Waals surface area contributed by atoms with Crippen LogP contribution in [-0.4, -0.2) is 49.2 Å². The maximum absolute atomic E-state index is 13.3. The molecule has 2 aromatic carbocycles. The van der Waals surface area contributed by atoms with E-state index in [1.807, 2.05) is 19.0 Å². The summed E-state index contributed by atoms with van der Waals surface area (Å²) in [4.78, 5) is 10.5. The van der Waals surface area contributed by atoms with Gasteiger partial charge in [0.05, 0.1) is 22.5 Å². The Morgan fingerprint density at radius 3 is 2.59 bits per heavy atom. The van der Waals surface area contributed by atoms with Crippen LogP contribution < -0.4 is 14.2 Å². The van der Waals surface area contributed by atoms with Gasteiger partial charge >= 0.3 is 0 Å². The summed E-state index contributed by atoms with van der Waals surface area (Å²) in [5, 5.41) is 0.658. The molecular formula is C19H19BrFN3O3. The number of ether oxygens (including phenoxy) is 3. The highest BCUT2D eigenvalue weighted by Crippen LogP contribution is 2.37. The Hall–Kier alpha value is -2.45. The van der Waals surface area contributed by atoms with Crippen LogP contribution in [0.4, 0.5) is 4.39 Å². The number of methoxy groups -OCH3 is 1. The van der Waals surface area contributed by atoms with Crippen molar-refractivity contribution in [2.45, 2.75) is 0 Å². The fraction of sp³-hybridized carbons (Fsp3) is 0.263. The minimum absolute atomic E-state index is 0.338. The van der Waals surface area contributed by atoms with E-state index in [-0.39, 0.29) is 5.82 Å². The Bertz CT molecular complexity index is 953. The van der Waals surface area contributed by atoms with Crippen LogP contribution in [0.25, 0.3) is 10.9 Å². The van der Waals surface area contributed by atoms with Gasteiger partial charge in [0.25, 0.3) is 0 Å². The molecule has 0 fully saturated rings. The summed E-state index contributed by atoms with van der Waals surface area (Å²) in [6.45, 7) is 1.30. The predicted octanol–water partition coefficient (Wildman–Crippen LogP) is 4.27. The first-order chi connectivity index (χ1) is 13.0. The molecule has 27 heavy (non-hydrogen) atoms. The lowest BCUT2D eigenvalue weighted by molar-refractivity contribution is 0.251. The summed E-state index contributed by atoms with van der Waals surface area (Å²) >= 11 is 3.29. The van der Waals surface area contributed by atoms with E-state index < -0.39 is 0 Å². The summed E-state index contributed by atoms with van der Waals surface area (Å²) in [5.74, 6) is 1.58. The molecule has 0 atom stereocenters. The van der Waals surface area contributed by atoms with Crippen LogP contribution in [0.1, 0.15) is 0 Å². The molecule has 0 unspecified atom stereocenters. The first-order valence-electron chi connectivity index (χ1n) is 8.21. The highest BCUT2D eigenvalue weighted by Gasteiger charge is 2.14. The van der Waals surface area contributed by atoms with Crippen molar-refractivity contribution in [3.8, 4) is 23.1 Å². The third kappa shape index (κ3) is 4.64. The lowest BCUT2D eigenvalue weighted by atomic mass is 10.2. The van der Waals surface area contributed by atoms with Crippen molar-refractivity contribution >= 4 is 26.8 Å². The first-order valence-corrected chi connectivity index (χ1v) is 9.00. The molecule has 6 nitrogen and oxygen atoms in total. The van der Waals surface area contributed by atoms with Crippen molar-refractivity contribution in [1.82, 2.24) is 14.9 Å². The van der Waals surface area contributed by atoms with Gasteiger partial charge in [-0.2, -0.15) is 0 Å². The van der Waals surface area contributed by atoms with Gasteiger partial charge in [-0.1, -0.05) is 0 Å². The molecule has 142 valence electrons. The zero-order valence-corrected chi connectivity index (χ0v) is 16.8. The van der Waals surface area contributed by atoms with E-state index >= 15 is 0 Å². The molecule has 3 aromatic rings. The third-order valence-electron chi connectivity index (χ3n) is 3.78. The number of benzene rings is 2. The fourth-order valence-corrected chi connectivity index (χ4v) is 2.83. The maximum atomic E-state index is 13.3. The Labute approximate surface area is 165 Å². The molecule has 0 radical (unpaired) electrons. The minimum Gasteiger partial charge on any atom is -0.493 e. The second-order valence-corrected chi connectivity index (χ2v) is 6.88. The van der Waals surface area contributed by atoms with E-state index in [9.17, 15) is 4.39 Å². The van der Waals surface area contributed by atoms with Gasteiger partial charge in [-0.25, -0.2) is 14.4 Å². The second-order valence-electron chi connectivity index (χ2n) is 6.03. The number of aromatic nitrogens is 2. The average molecular weight is 436 g/mol. The summed E-state index contributed by atoms with van der Waals surface area (Å²) in [6.07, 6.45) is 1.41. The average Bonchev–Trinajstić information content (AvgIpc) is 2.63. The second kappa shape index (κ2) is 8.49. The molecule has 0 bridgehead atoms. The number of halogens is 2. The summed E-state index contributed by atoms with van der Waals surface area (Å²) < 4.78 is 30.9. The molecule has 8 heteroatoms. The zero-order valence-electron chi connectivity index (χ0n) is 15.2. The minimum atomic E-state index is -0.358. The Morgan fingerprint density at radius 1 is 1.07 bits per heavy atom. The van der Waals surface area contributed by atoms with Gasteiger partial charge in [0.2, 0.25) is 5.88 Å². The third-order valence-corrected chi connectivity index (χ3v) is 4.40. The van der Waals surface area contributed by atoms with Gasteiger partial charge in [-0.3, -0.25) is 0 Å². The van der Waals surface area contributed by atoms with Crippen LogP contribution >= 0.6 is 15.9 Å². The van der Waals surface area contributed by atoms with Crippen molar-refractivity contribution < 1.29 is 18.6 Å². The number of fused-ring (bicyclic) bond motifs is 1. The van der Waals surface area contributed by atoms with Crippen molar-refractivity contribution in [2.75, 3.05) is 34.4 Å². The van der Waals surface area contributed by atoms with Gasteiger partial charge < -0.3 is 19.1 Å². The molecule has 1 aromatic heterocycles. The van der Waals surface area contributed by atoms with E-state index in [0.717, 1.165) is 6.54 Å². The molecule has 0 spiro atoms. The van der Waals surface area contributed by atoms with E-state index in [4.69, 9.17) is 14.2 Å². The normalized spacial score (nSPS) is 11.0. The van der Waals surface area contributed by atoms with Gasteiger partial charge in [0.1, 0.15) is 24.5 Å². The number of likely N-dealkylation sites (N-methyl/N-ethyl adjacent to an activating group) is 1. The maximum Gasteiger partial charge on any atom is 0.230 e. The van der Waals surface area contributed by atoms with E-state index in [1.165, 1.54) is 24.5 Å². The standard InChI is InChI=1S/C19H19BrFN3O3/c1-24(2)6-7-26-18-10-15-13(9-17(18)25-3)19(23-11-22-15)27-16-5-4-12(21)8-14(16)20/h4-5,8-11H,6-7H2,1-3H3. The SMILES string of the molecule is COc1cc2c(Oc3ccc(F)cc3Br)ncnc2cc1OCCN(C)C. The highest BCUT2D eigenvalue weighted by atomic mass is 79.9. The summed E-state index contributed by atoms with van der Waals surface area (Å²) in [7, 11) is 5.53. The van der Waals surface area contributed by atoms with Gasteiger partial charge in [0.15, 0.2) is 11.5 Å². The molecule has 0 N–H and O–H groups in total. The summed E-state index contributed by atoms with van der Waals surface area (Å²) in [6, 6.07) is 7.74. The molecule has 0 aliphatic heterocycles. The fourth-order valence-electron chi connectivity index (χ4n) is 2.39. The van der Waals surface area contributed by atoms with Gasteiger partial charge in [0, 0.05) is 12.6 Å². The monoisotopic (exact) mass is 435 g/mol. The Kier molecular flexibility index (Phi) is 6.08. The number of hydrogen-bond acceptors (Lipinski definition) is 6. The lowest BCUT2D eigenvalue weighted by Gasteiger charge is -2.15. The largest absolute Gasteiger partial charge is 0.493 e. The van der Waals surface area contributed by atoms with Gasteiger partial charge in [-0.15, -0.1) is 0 Å². The van der Waals surface area contributed by atoms with Crippen molar-refractivity contribution in [2.24, 2.45) is 0 Å². The topological polar surface area (TPSA) is 56.7 Å². The molecular weight excluding hydrogens is 417 g/mol. The predicted molar refractivity (Wildman–Crippen MR) is 104 cm³/mol. The van der Waals surface area contributed by atoms with Crippen molar-refractivity contribution in [1.29, 1.82) is 0 Å². The highest BCUT2D eigenvalue weighted by molar-refractivity contribution is 9.10. The molecule has 0 saturated heterocycles. The molecule has 0 saturated carbocycles. The molecule has 0 amide bonds. The van der Waals surface area contributed by atoms with Gasteiger partial charge in [-0.05, 0) is 54.3 Å². The van der Waals surface area contributed by atoms with E-state index in [1.54, 1.807) is 19.2 Å². The molecule has 1 heterocycles. The molecule has 0 aliphatic carbocycles. The summed E-state index contributed by atoms with van der Waals surface area (Å²) in [5.41, 5.74) is 0.652. The number of hydrogen-bond donors (Lipinski definition) is 0. The Balaban J connectivity index is 1.95. The Morgan fingerprint density at radius 2 is 1.89 bits per heavy atom. The first kappa shape index (κ1) is 19.3. The van der Waals surface area contributed by atoms with Crippen LogP contribution in [0.2, 0.25) is 0 Å². The quantitative estimate of drug-likeness (QED) is 0.552. The smallest absolute Gasteiger partial charge is 0.230 e. The lowest BCUT2D eigenvalue weighted by Crippen LogP contribution is -2.19. The van der Waals surface area contributed by atoms with Crippen LogP contribution in [-0.2, 0) is 0 Å². The van der Waals surface area contributed by atoms with Crippen molar-refractivity contribution in [3.05, 3.63) is 46.9 Å². The number of nitrogens with zero attached hydrogens (tertiary/aromatic N) is 3. The molecule has 3 rings (SSSR count). The van der Waals surface area contributed by atoms with Crippen LogP contribution in [0.3, 0.4) is 0 Å². The van der Waals surface area contributed by atoms with Crippen LogP contribution in [0.5, 0.6) is 23.1 Å². The van der Waals surface area contributed by atoms with Crippen molar-refractivity contribution in [3.63, 3.8) is 0 Å². The zero-order chi connectivity index (χ0) is 19.4. The van der Waals surface area contributed by atoms with E-state index in [2.05, 4.69) is 25.9 Å².